The molecule has 0 spiro atoms. The highest BCUT2D eigenvalue weighted by atomic mass is 19.4. The minimum absolute atomic E-state index is 0.0247. The predicted octanol–water partition coefficient (Wildman–Crippen LogP) is 8.04. The van der Waals surface area contributed by atoms with Crippen LogP contribution in [0.5, 0.6) is 0 Å². The molecule has 2 N–H and O–H groups in total. The number of carbonyl (C=O) groups is 3. The fraction of sp³-hybridized carbons (Fsp3) is 0.341. The summed E-state index contributed by atoms with van der Waals surface area (Å²) in [5, 5.41) is 18.1. The molecular weight excluding hydrogens is 734 g/mol. The Labute approximate surface area is 330 Å². The molecule has 57 heavy (non-hydrogen) atoms. The second kappa shape index (κ2) is 18.0. The van der Waals surface area contributed by atoms with Crippen LogP contribution in [-0.2, 0) is 25.6 Å². The number of nitrogens with one attached hydrogen (secondary N) is 1. The van der Waals surface area contributed by atoms with E-state index in [0.717, 1.165) is 48.9 Å². The minimum Gasteiger partial charge on any atom is -0.394 e. The van der Waals surface area contributed by atoms with Crippen LogP contribution >= 0.6 is 0 Å². The summed E-state index contributed by atoms with van der Waals surface area (Å²) in [6, 6.07) is 21.8. The molecule has 0 aliphatic carbocycles. The average molecular weight is 781 g/mol. The molecule has 5 aromatic rings. The molecule has 0 unspecified atom stereocenters. The van der Waals surface area contributed by atoms with Gasteiger partial charge in [0.05, 0.1) is 40.7 Å². The number of benzene rings is 3. The fourth-order valence-electron chi connectivity index (χ4n) is 7.15. The van der Waals surface area contributed by atoms with E-state index >= 15 is 0 Å². The van der Waals surface area contributed by atoms with Crippen molar-refractivity contribution in [1.29, 1.82) is 0 Å². The van der Waals surface area contributed by atoms with Crippen LogP contribution in [0.1, 0.15) is 104 Å². The average Bonchev–Trinajstić information content (AvgIpc) is 3.60. The highest BCUT2D eigenvalue weighted by Crippen LogP contribution is 2.31. The van der Waals surface area contributed by atoms with Crippen molar-refractivity contribution in [2.24, 2.45) is 0 Å². The number of aryl methyl sites for hydroxylation is 1. The van der Waals surface area contributed by atoms with E-state index in [1.807, 2.05) is 29.2 Å². The van der Waals surface area contributed by atoms with Crippen LogP contribution < -0.4 is 5.32 Å². The number of pyridine rings is 1. The molecule has 3 heterocycles. The lowest BCUT2D eigenvalue weighted by atomic mass is 9.93. The largest absolute Gasteiger partial charge is 0.416 e. The fourth-order valence-corrected chi connectivity index (χ4v) is 7.15. The van der Waals surface area contributed by atoms with Crippen LogP contribution in [0.15, 0.2) is 91.1 Å². The van der Waals surface area contributed by atoms with Crippen molar-refractivity contribution >= 4 is 23.4 Å². The zero-order chi connectivity index (χ0) is 40.7. The topological polar surface area (TPSA) is 121 Å². The van der Waals surface area contributed by atoms with Gasteiger partial charge < -0.3 is 20.2 Å². The Hall–Kier alpha value is -5.82. The number of halogens is 3. The van der Waals surface area contributed by atoms with Gasteiger partial charge >= 0.3 is 6.18 Å². The van der Waals surface area contributed by atoms with Crippen LogP contribution in [0.2, 0.25) is 0 Å². The molecule has 1 atom stereocenters. The van der Waals surface area contributed by atoms with Gasteiger partial charge in [0.25, 0.3) is 17.7 Å². The Morgan fingerprint density at radius 2 is 1.63 bits per heavy atom. The summed E-state index contributed by atoms with van der Waals surface area (Å²) in [7, 11) is 0. The zero-order valence-electron chi connectivity index (χ0n) is 32.4. The van der Waals surface area contributed by atoms with Gasteiger partial charge in [-0.1, -0.05) is 69.2 Å². The SMILES string of the molecule is CCCCN(CCCC)C(=O)c1cc(C)n(-c2ccc(NC(=O)c3cccnc3Cc3cccc(C(F)(F)F)c3)cc2C(=O)N2Cc3ccccc3C[C@H]2CO)n1. The first-order chi connectivity index (χ1) is 27.4. The van der Waals surface area contributed by atoms with Gasteiger partial charge in [-0.05, 0) is 85.3 Å². The Balaban J connectivity index is 1.36. The van der Waals surface area contributed by atoms with Crippen molar-refractivity contribution in [2.75, 3.05) is 25.0 Å². The van der Waals surface area contributed by atoms with E-state index in [4.69, 9.17) is 5.10 Å². The summed E-state index contributed by atoms with van der Waals surface area (Å²) in [5.74, 6) is -1.17. The number of fused-ring (bicyclic) bond motifs is 1. The quantitative estimate of drug-likeness (QED) is 0.118. The summed E-state index contributed by atoms with van der Waals surface area (Å²) >= 11 is 0. The normalized spacial score (nSPS) is 13.9. The molecule has 1 aliphatic rings. The second-order valence-corrected chi connectivity index (χ2v) is 14.4. The number of aromatic nitrogens is 3. The van der Waals surface area contributed by atoms with Gasteiger partial charge in [-0.15, -0.1) is 0 Å². The predicted molar refractivity (Wildman–Crippen MR) is 211 cm³/mol. The van der Waals surface area contributed by atoms with E-state index < -0.39 is 29.6 Å². The maximum absolute atomic E-state index is 14.7. The van der Waals surface area contributed by atoms with E-state index in [-0.39, 0.29) is 53.7 Å². The van der Waals surface area contributed by atoms with Crippen LogP contribution in [0.3, 0.4) is 0 Å². The van der Waals surface area contributed by atoms with E-state index in [9.17, 15) is 32.7 Å². The van der Waals surface area contributed by atoms with Crippen molar-refractivity contribution in [1.82, 2.24) is 24.6 Å². The second-order valence-electron chi connectivity index (χ2n) is 14.4. The van der Waals surface area contributed by atoms with Gasteiger partial charge in [0.2, 0.25) is 0 Å². The van der Waals surface area contributed by atoms with Crippen molar-refractivity contribution in [2.45, 2.75) is 78.1 Å². The molecule has 2 aromatic heterocycles. The number of hydrogen-bond donors (Lipinski definition) is 2. The van der Waals surface area contributed by atoms with Gasteiger partial charge in [0.15, 0.2) is 5.69 Å². The smallest absolute Gasteiger partial charge is 0.394 e. The third-order valence-corrected chi connectivity index (χ3v) is 10.3. The van der Waals surface area contributed by atoms with Gasteiger partial charge in [-0.3, -0.25) is 19.4 Å². The lowest BCUT2D eigenvalue weighted by Gasteiger charge is -2.36. The Kier molecular flexibility index (Phi) is 12.9. The van der Waals surface area contributed by atoms with Crippen LogP contribution in [0.4, 0.5) is 18.9 Å². The summed E-state index contributed by atoms with van der Waals surface area (Å²) in [6.45, 7) is 7.14. The number of hydrogen-bond acceptors (Lipinski definition) is 6. The van der Waals surface area contributed by atoms with Crippen LogP contribution in [-0.4, -0.2) is 73.1 Å². The summed E-state index contributed by atoms with van der Waals surface area (Å²) in [4.78, 5) is 50.1. The molecule has 6 rings (SSSR count). The van der Waals surface area contributed by atoms with E-state index in [0.29, 0.717) is 36.5 Å². The number of nitrogens with zero attached hydrogens (tertiary/aromatic N) is 5. The van der Waals surface area contributed by atoms with Crippen molar-refractivity contribution in [3.63, 3.8) is 0 Å². The molecule has 0 saturated carbocycles. The summed E-state index contributed by atoms with van der Waals surface area (Å²) in [5.41, 5.74) is 3.66. The first-order valence-electron chi connectivity index (χ1n) is 19.3. The number of alkyl halides is 3. The monoisotopic (exact) mass is 780 g/mol. The maximum Gasteiger partial charge on any atom is 0.416 e. The number of aliphatic hydroxyl groups is 1. The first-order valence-corrected chi connectivity index (χ1v) is 19.3. The van der Waals surface area contributed by atoms with Crippen molar-refractivity contribution in [3.05, 3.63) is 142 Å². The number of rotatable bonds is 14. The van der Waals surface area contributed by atoms with E-state index in [1.165, 1.54) is 12.3 Å². The molecule has 0 fully saturated rings. The number of unbranched alkanes of at least 4 members (excludes halogenated alkanes) is 2. The van der Waals surface area contributed by atoms with Crippen molar-refractivity contribution < 1.29 is 32.7 Å². The van der Waals surface area contributed by atoms with Crippen LogP contribution in [0.25, 0.3) is 5.69 Å². The van der Waals surface area contributed by atoms with Gasteiger partial charge in [0, 0.05) is 43.6 Å². The highest BCUT2D eigenvalue weighted by Gasteiger charge is 2.33. The Morgan fingerprint density at radius 1 is 0.895 bits per heavy atom. The van der Waals surface area contributed by atoms with Crippen molar-refractivity contribution in [3.8, 4) is 5.69 Å². The molecule has 13 heteroatoms. The summed E-state index contributed by atoms with van der Waals surface area (Å²) in [6.07, 6.45) is 0.962. The minimum atomic E-state index is -4.52. The van der Waals surface area contributed by atoms with E-state index in [2.05, 4.69) is 24.1 Å². The molecule has 0 saturated heterocycles. The molecule has 0 bridgehead atoms. The molecule has 1 aliphatic heterocycles. The number of anilines is 1. The molecule has 3 amide bonds. The third-order valence-electron chi connectivity index (χ3n) is 10.3. The van der Waals surface area contributed by atoms with Gasteiger partial charge in [0.1, 0.15) is 0 Å². The molecule has 10 nitrogen and oxygen atoms in total. The van der Waals surface area contributed by atoms with Gasteiger partial charge in [-0.25, -0.2) is 4.68 Å². The zero-order valence-corrected chi connectivity index (χ0v) is 32.4. The summed E-state index contributed by atoms with van der Waals surface area (Å²) < 4.78 is 41.9. The number of amides is 3. The maximum atomic E-state index is 14.7. The lowest BCUT2D eigenvalue weighted by Crippen LogP contribution is -2.46. The lowest BCUT2D eigenvalue weighted by molar-refractivity contribution is -0.137. The molecule has 0 radical (unpaired) electrons. The van der Waals surface area contributed by atoms with E-state index in [1.54, 1.807) is 59.0 Å². The van der Waals surface area contributed by atoms with Gasteiger partial charge in [-0.2, -0.15) is 18.3 Å². The van der Waals surface area contributed by atoms with Crippen LogP contribution in [0, 0.1) is 6.92 Å². The standard InChI is InChI=1S/C44H47F3N6O4/c1-4-6-20-51(21-7-5-2)43(57)39-22-29(3)53(50-39)40-18-17-34(26-37(40)42(56)52-27-32-14-9-8-13-31(32)25-35(52)28-54)49-41(55)36-16-11-19-48-38(36)24-30-12-10-15-33(23-30)44(45,46)47/h8-19,22-23,26,35,54H,4-7,20-21,24-25,27-28H2,1-3H3,(H,49,55)/t35-/m0/s1. The number of aliphatic hydroxyl groups excluding tert-OH is 1. The molecule has 3 aromatic carbocycles. The highest BCUT2D eigenvalue weighted by molar-refractivity contribution is 6.06. The Bertz CT molecular complexity index is 2230. The first kappa shape index (κ1) is 40.8. The molecule has 298 valence electrons. The number of carbonyl (C=O) groups excluding carboxylic acids is 3. The third kappa shape index (κ3) is 9.42. The Morgan fingerprint density at radius 3 is 2.33 bits per heavy atom. The molecular formula is C44H47F3N6O4.